The second-order valence-electron chi connectivity index (χ2n) is 20.7. The molecule has 6 heterocycles. The number of aromatic nitrogens is 4. The number of ketones is 4. The van der Waals surface area contributed by atoms with E-state index in [0.717, 1.165) is 76.8 Å². The van der Waals surface area contributed by atoms with E-state index < -0.39 is 11.6 Å². The quantitative estimate of drug-likeness (QED) is 0.0657. The lowest BCUT2D eigenvalue weighted by Gasteiger charge is -2.26. The molecule has 0 atom stereocenters. The molecular formula is C68H59BrF2N6O10. The molecule has 2 aliphatic heterocycles. The molecular weight excluding hydrogens is 1180 g/mol. The van der Waals surface area contributed by atoms with E-state index in [9.17, 15) is 19.2 Å². The third-order valence-electron chi connectivity index (χ3n) is 14.9. The number of hydrogen-bond acceptors (Lipinski definition) is 16. The summed E-state index contributed by atoms with van der Waals surface area (Å²) < 4.78 is 65.3. The molecule has 0 bridgehead atoms. The Balaban J connectivity index is 0.000000180. The Morgan fingerprint density at radius 3 is 1.56 bits per heavy atom. The number of benzene rings is 4. The molecule has 19 heteroatoms. The number of Topliss-reactive ketones (excluding diaryl/α,β-unsaturated/α-hetero) is 4. The smallest absolute Gasteiger partial charge is 0.230 e. The molecule has 8 aromatic rings. The molecule has 4 aromatic heterocycles. The maximum absolute atomic E-state index is 15.2. The van der Waals surface area contributed by atoms with Crippen LogP contribution in [0.3, 0.4) is 0 Å². The van der Waals surface area contributed by atoms with Gasteiger partial charge in [0.1, 0.15) is 29.2 Å². The molecule has 0 spiro atoms. The first-order valence-corrected chi connectivity index (χ1v) is 29.4. The third-order valence-corrected chi connectivity index (χ3v) is 15.6. The van der Waals surface area contributed by atoms with Crippen molar-refractivity contribution in [1.29, 1.82) is 0 Å². The Kier molecular flexibility index (Phi) is 19.6. The molecule has 0 saturated carbocycles. The van der Waals surface area contributed by atoms with Gasteiger partial charge in [0.15, 0.2) is 46.3 Å². The summed E-state index contributed by atoms with van der Waals surface area (Å²) in [6.45, 7) is 8.91. The van der Waals surface area contributed by atoms with E-state index in [0.29, 0.717) is 97.9 Å². The van der Waals surface area contributed by atoms with Gasteiger partial charge in [-0.1, -0.05) is 97.1 Å². The highest BCUT2D eigenvalue weighted by Gasteiger charge is 2.27. The third kappa shape index (κ3) is 14.8. The van der Waals surface area contributed by atoms with Crippen LogP contribution in [0.15, 0.2) is 180 Å². The van der Waals surface area contributed by atoms with E-state index in [2.05, 4.69) is 45.7 Å². The molecule has 16 nitrogen and oxygen atoms in total. The lowest BCUT2D eigenvalue weighted by atomic mass is 9.88. The molecule has 2 saturated heterocycles. The van der Waals surface area contributed by atoms with Crippen molar-refractivity contribution in [1.82, 2.24) is 29.7 Å². The van der Waals surface area contributed by atoms with Crippen LogP contribution < -0.4 is 18.9 Å². The van der Waals surface area contributed by atoms with E-state index in [-0.39, 0.29) is 58.6 Å². The summed E-state index contributed by atoms with van der Waals surface area (Å²) in [5.74, 6) is -1.01. The average molecular weight is 1240 g/mol. The van der Waals surface area contributed by atoms with Gasteiger partial charge in [-0.2, -0.15) is 0 Å². The molecule has 2 fully saturated rings. The van der Waals surface area contributed by atoms with Crippen molar-refractivity contribution < 1.29 is 56.4 Å². The lowest BCUT2D eigenvalue weighted by molar-refractivity contribution is -0.120. The maximum Gasteiger partial charge on any atom is 0.230 e. The second-order valence-corrected chi connectivity index (χ2v) is 21.5. The zero-order chi connectivity index (χ0) is 60.1. The van der Waals surface area contributed by atoms with E-state index >= 15 is 8.78 Å². The molecule has 0 N–H and O–H groups in total. The highest BCUT2D eigenvalue weighted by molar-refractivity contribution is 9.10. The summed E-state index contributed by atoms with van der Waals surface area (Å²) >= 11 is 3.55. The molecule has 2 aliphatic carbocycles. The topological polar surface area (TPSA) is 182 Å². The number of ether oxygens (including phenoxy) is 6. The van der Waals surface area contributed by atoms with Gasteiger partial charge in [-0.3, -0.25) is 38.9 Å². The SMILES string of the molecule is O=C(Cc1ccc(Oc2ccnc3c(Br)c(OCCN4CCOCC4)ncc23)c(F)c1)C1=CCC=C(c2ccccc2)C1=O.O=C(Cc1ccc(Oc2ccnc3cc(OCCN4CCOCC4)ncc23)c(F)c1)C1=CCC=C(c2ccccc2)C1=O. The minimum absolute atomic E-state index is 0.00297. The van der Waals surface area contributed by atoms with Crippen LogP contribution in [0.1, 0.15) is 35.1 Å². The Labute approximate surface area is 508 Å². The van der Waals surface area contributed by atoms with Gasteiger partial charge in [-0.05, 0) is 87.4 Å². The first-order chi connectivity index (χ1) is 42.5. The maximum atomic E-state index is 15.2. The zero-order valence-corrected chi connectivity index (χ0v) is 48.9. The van der Waals surface area contributed by atoms with Crippen LogP contribution in [0.2, 0.25) is 0 Å². The van der Waals surface area contributed by atoms with Crippen LogP contribution in [0.4, 0.5) is 8.78 Å². The summed E-state index contributed by atoms with van der Waals surface area (Å²) in [5, 5.41) is 1.18. The number of nitrogens with zero attached hydrogens (tertiary/aromatic N) is 6. The first kappa shape index (κ1) is 59.7. The van der Waals surface area contributed by atoms with Crippen LogP contribution in [0.5, 0.6) is 34.8 Å². The average Bonchev–Trinajstić information content (AvgIpc) is 3.31. The number of halogens is 3. The van der Waals surface area contributed by atoms with Crippen LogP contribution in [-0.2, 0) is 41.5 Å². The van der Waals surface area contributed by atoms with Crippen LogP contribution >= 0.6 is 15.9 Å². The number of hydrogen-bond donors (Lipinski definition) is 0. The number of allylic oxidation sites excluding steroid dienone is 8. The van der Waals surface area contributed by atoms with Gasteiger partial charge < -0.3 is 28.4 Å². The first-order valence-electron chi connectivity index (χ1n) is 28.6. The van der Waals surface area contributed by atoms with Gasteiger partial charge in [0.2, 0.25) is 11.8 Å². The number of pyridine rings is 4. The highest BCUT2D eigenvalue weighted by atomic mass is 79.9. The fourth-order valence-electron chi connectivity index (χ4n) is 10.3. The van der Waals surface area contributed by atoms with Gasteiger partial charge in [0, 0.05) is 94.1 Å². The van der Waals surface area contributed by atoms with E-state index in [1.807, 2.05) is 72.8 Å². The van der Waals surface area contributed by atoms with Gasteiger partial charge in [-0.25, -0.2) is 18.7 Å². The number of carbonyl (C=O) groups is 4. The molecule has 4 aliphatic rings. The van der Waals surface area contributed by atoms with Crippen molar-refractivity contribution in [3.63, 3.8) is 0 Å². The fraction of sp³-hybridized carbons (Fsp3) is 0.235. The lowest BCUT2D eigenvalue weighted by Crippen LogP contribution is -2.38. The molecule has 4 aromatic carbocycles. The predicted molar refractivity (Wildman–Crippen MR) is 327 cm³/mol. The fourth-order valence-corrected chi connectivity index (χ4v) is 10.9. The molecule has 87 heavy (non-hydrogen) atoms. The molecule has 442 valence electrons. The monoisotopic (exact) mass is 1240 g/mol. The highest BCUT2D eigenvalue weighted by Crippen LogP contribution is 2.38. The normalized spacial score (nSPS) is 15.6. The van der Waals surface area contributed by atoms with Crippen molar-refractivity contribution in [3.05, 3.63) is 214 Å². The molecule has 12 rings (SSSR count). The summed E-state index contributed by atoms with van der Waals surface area (Å²) in [4.78, 5) is 74.5. The summed E-state index contributed by atoms with van der Waals surface area (Å²) in [7, 11) is 0. The minimum atomic E-state index is -0.635. The van der Waals surface area contributed by atoms with E-state index in [1.165, 1.54) is 24.3 Å². The van der Waals surface area contributed by atoms with Crippen molar-refractivity contribution >= 4 is 72.0 Å². The molecule has 0 unspecified atom stereocenters. The van der Waals surface area contributed by atoms with Gasteiger partial charge in [0.25, 0.3) is 0 Å². The number of carbonyl (C=O) groups excluding carboxylic acids is 4. The zero-order valence-electron chi connectivity index (χ0n) is 47.3. The Morgan fingerprint density at radius 2 is 1.03 bits per heavy atom. The molecule has 0 amide bonds. The standard InChI is InChI=1S/C34H29BrFN3O5.C34H30FN3O5/c35-31-32-26(21-38-34(31)43-18-15-39-13-16-42-17-14-39)29(11-12-37-32)44-30-10-9-22(19-27(30)36)20-28(40)25-8-4-7-24(33(25)41)23-5-2-1-3-6-23;35-28-19-23(20-30(39)26-8-4-7-25(34(26)40)24-5-2-1-3-6-24)9-10-32(28)43-31-11-12-36-29-21-33(37-22-27(29)31)42-18-15-38-13-16-41-17-14-38/h1-3,5-12,19,21H,4,13-18,20H2;1-3,5-12,19,21-22H,4,13-18,20H2. The van der Waals surface area contributed by atoms with Crippen LogP contribution in [-0.4, -0.2) is 132 Å². The summed E-state index contributed by atoms with van der Waals surface area (Å²) in [6.07, 6.45) is 14.0. The number of rotatable bonds is 20. The van der Waals surface area contributed by atoms with Crippen molar-refractivity contribution in [2.75, 3.05) is 78.9 Å². The Bertz CT molecular complexity index is 4000. The summed E-state index contributed by atoms with van der Waals surface area (Å²) in [5.41, 5.74) is 4.84. The van der Waals surface area contributed by atoms with Crippen molar-refractivity contribution in [2.24, 2.45) is 0 Å². The second kappa shape index (κ2) is 28.5. The van der Waals surface area contributed by atoms with Gasteiger partial charge in [-0.15, -0.1) is 0 Å². The van der Waals surface area contributed by atoms with Gasteiger partial charge in [0.05, 0.1) is 59.4 Å². The summed E-state index contributed by atoms with van der Waals surface area (Å²) in [6, 6.07) is 32.2. The van der Waals surface area contributed by atoms with Crippen LogP contribution in [0, 0.1) is 11.6 Å². The predicted octanol–water partition coefficient (Wildman–Crippen LogP) is 11.5. The molecule has 0 radical (unpaired) electrons. The van der Waals surface area contributed by atoms with E-state index in [4.69, 9.17) is 28.4 Å². The number of fused-ring (bicyclic) bond motifs is 2. The van der Waals surface area contributed by atoms with Crippen molar-refractivity contribution in [3.8, 4) is 34.8 Å². The minimum Gasteiger partial charge on any atom is -0.476 e. The Morgan fingerprint density at radius 1 is 0.540 bits per heavy atom. The largest absolute Gasteiger partial charge is 0.476 e. The number of morpholine rings is 2. The van der Waals surface area contributed by atoms with Crippen LogP contribution in [0.25, 0.3) is 33.0 Å². The van der Waals surface area contributed by atoms with E-state index in [1.54, 1.807) is 67.3 Å². The van der Waals surface area contributed by atoms with Crippen molar-refractivity contribution in [2.45, 2.75) is 25.7 Å². The van der Waals surface area contributed by atoms with Gasteiger partial charge >= 0.3 is 0 Å². The Hall–Kier alpha value is -8.98.